The summed E-state index contributed by atoms with van der Waals surface area (Å²) < 4.78 is 56.0. The molecule has 6 atom stereocenters. The van der Waals surface area contributed by atoms with Gasteiger partial charge in [-0.2, -0.15) is 0 Å². The second-order valence-corrected chi connectivity index (χ2v) is 18.5. The van der Waals surface area contributed by atoms with E-state index >= 15 is 0 Å². The number of alkyl halides is 1. The predicted molar refractivity (Wildman–Crippen MR) is 204 cm³/mol. The van der Waals surface area contributed by atoms with E-state index in [0.717, 1.165) is 75.5 Å². The number of halogens is 2. The van der Waals surface area contributed by atoms with Gasteiger partial charge in [-0.1, -0.05) is 36.7 Å². The highest BCUT2D eigenvalue weighted by atomic mass is 35.5. The molecule has 1 saturated carbocycles. The summed E-state index contributed by atoms with van der Waals surface area (Å²) in [6, 6.07) is 11.5. The molecule has 3 aliphatic heterocycles. The Hall–Kier alpha value is -2.70. The third-order valence-corrected chi connectivity index (χ3v) is 15.1. The molecule has 3 heterocycles. The van der Waals surface area contributed by atoms with E-state index < -0.39 is 26.8 Å². The Morgan fingerprint density at radius 3 is 2.60 bits per heavy atom. The Kier molecular flexibility index (Phi) is 11.0. The number of anilines is 1. The fourth-order valence-corrected chi connectivity index (χ4v) is 10.9. The first-order valence-electron chi connectivity index (χ1n) is 19.1. The van der Waals surface area contributed by atoms with Gasteiger partial charge >= 0.3 is 0 Å². The van der Waals surface area contributed by atoms with Crippen molar-refractivity contribution in [1.82, 2.24) is 14.5 Å². The molecule has 284 valence electrons. The Morgan fingerprint density at radius 2 is 1.87 bits per heavy atom. The Morgan fingerprint density at radius 1 is 1.08 bits per heavy atom. The van der Waals surface area contributed by atoms with Gasteiger partial charge in [-0.25, -0.2) is 17.5 Å². The van der Waals surface area contributed by atoms with Crippen LogP contribution in [-0.4, -0.2) is 108 Å². The van der Waals surface area contributed by atoms with Crippen LogP contribution in [0.4, 0.5) is 10.1 Å². The zero-order valence-electron chi connectivity index (χ0n) is 30.8. The molecular weight excluding hydrogens is 703 g/mol. The van der Waals surface area contributed by atoms with Gasteiger partial charge in [-0.15, -0.1) is 0 Å². The fourth-order valence-electron chi connectivity index (χ4n) is 9.45. The van der Waals surface area contributed by atoms with Crippen LogP contribution in [0.3, 0.4) is 0 Å². The molecule has 52 heavy (non-hydrogen) atoms. The molecule has 12 heteroatoms. The van der Waals surface area contributed by atoms with Crippen molar-refractivity contribution < 1.29 is 27.1 Å². The summed E-state index contributed by atoms with van der Waals surface area (Å²) in [7, 11) is -2.16. The molecule has 2 aromatic carbocycles. The number of nitrogens with one attached hydrogen (secondary N) is 1. The number of nitrogens with zero attached hydrogens (tertiary/aromatic N) is 3. The standard InChI is InChI=1S/C40H54ClFN4O5S/c1-28-6-4-15-40(50-3,26-45-20-18-44(17-16-42)19-21-45)35-11-8-32(35)24-46-25-39(14-5-7-30-22-33(41)10-12-34(30)39)27-51-37-13-9-31(23-36(37)46)38(47)43-52(48,49)29(28)2/h4,9-10,12-13,15,22-23,28-29,32,35H,5-8,11,14,16-21,24-27H2,1-3H3,(H,43,47)/b15-4-/t28-,29+,32-,35+,39-,40-/m0/s1. The first-order valence-corrected chi connectivity index (χ1v) is 21.0. The Labute approximate surface area is 313 Å². The number of hydrogen-bond donors (Lipinski definition) is 1. The number of fused-ring (bicyclic) bond motifs is 4. The van der Waals surface area contributed by atoms with Crippen LogP contribution < -0.4 is 14.4 Å². The number of hydrogen-bond acceptors (Lipinski definition) is 8. The number of methoxy groups -OCH3 is 1. The van der Waals surface area contributed by atoms with Crippen LogP contribution in [0.5, 0.6) is 5.75 Å². The van der Waals surface area contributed by atoms with E-state index in [2.05, 4.69) is 43.7 Å². The molecule has 2 aliphatic carbocycles. The van der Waals surface area contributed by atoms with Gasteiger partial charge in [0.2, 0.25) is 10.0 Å². The van der Waals surface area contributed by atoms with E-state index in [-0.39, 0.29) is 29.5 Å². The lowest BCUT2D eigenvalue weighted by atomic mass is 9.63. The normalized spacial score (nSPS) is 33.2. The summed E-state index contributed by atoms with van der Waals surface area (Å²) in [5, 5.41) is -0.0653. The third kappa shape index (κ3) is 7.37. The largest absolute Gasteiger partial charge is 0.490 e. The summed E-state index contributed by atoms with van der Waals surface area (Å²) in [6.07, 6.45) is 9.84. The molecule has 1 spiro atoms. The molecule has 1 saturated heterocycles. The molecule has 2 bridgehead atoms. The van der Waals surface area contributed by atoms with Gasteiger partial charge < -0.3 is 14.4 Å². The van der Waals surface area contributed by atoms with Gasteiger partial charge in [0.05, 0.1) is 17.5 Å². The van der Waals surface area contributed by atoms with Crippen molar-refractivity contribution in [3.63, 3.8) is 0 Å². The number of rotatable bonds is 5. The summed E-state index contributed by atoms with van der Waals surface area (Å²) in [5.41, 5.74) is 2.75. The predicted octanol–water partition coefficient (Wildman–Crippen LogP) is 5.86. The minimum absolute atomic E-state index is 0.217. The molecule has 1 amide bonds. The van der Waals surface area contributed by atoms with Crippen molar-refractivity contribution in [2.75, 3.05) is 77.6 Å². The lowest BCUT2D eigenvalue weighted by molar-refractivity contribution is -0.0955. The van der Waals surface area contributed by atoms with E-state index in [9.17, 15) is 17.6 Å². The third-order valence-electron chi connectivity index (χ3n) is 12.9. The number of carbonyl (C=O) groups is 1. The van der Waals surface area contributed by atoms with Gasteiger partial charge in [0, 0.05) is 75.5 Å². The quantitative estimate of drug-likeness (QED) is 0.380. The summed E-state index contributed by atoms with van der Waals surface area (Å²) in [6.45, 7) is 9.68. The van der Waals surface area contributed by atoms with Gasteiger partial charge in [0.1, 0.15) is 18.0 Å². The van der Waals surface area contributed by atoms with Gasteiger partial charge in [0.25, 0.3) is 5.91 Å². The SMILES string of the molecule is CO[C@]1(CN2CCN(CCF)CC2)/C=C\C[C@H](C)[C@@H](C)S(=O)(=O)NC(=O)c2ccc3c(c2)N(C[C@@H]2CC[C@H]21)C[C@@]1(CCCc2cc(Cl)ccc21)CO3. The number of allylic oxidation sites excluding steroid dienone is 1. The van der Waals surface area contributed by atoms with E-state index in [1.165, 1.54) is 11.1 Å². The maximum atomic E-state index is 13.6. The number of piperazine rings is 1. The number of ether oxygens (including phenoxy) is 2. The number of sulfonamides is 1. The zero-order chi connectivity index (χ0) is 36.7. The zero-order valence-corrected chi connectivity index (χ0v) is 32.4. The number of benzene rings is 2. The maximum absolute atomic E-state index is 13.6. The van der Waals surface area contributed by atoms with Crippen molar-refractivity contribution in [2.24, 2.45) is 17.8 Å². The first kappa shape index (κ1) is 37.6. The molecule has 2 aromatic rings. The van der Waals surface area contributed by atoms with E-state index in [0.29, 0.717) is 44.3 Å². The summed E-state index contributed by atoms with van der Waals surface area (Å²) >= 11 is 6.49. The molecular formula is C40H54ClFN4O5S. The van der Waals surface area contributed by atoms with Crippen LogP contribution in [0.1, 0.15) is 67.4 Å². The van der Waals surface area contributed by atoms with Gasteiger partial charge in [0.15, 0.2) is 0 Å². The topological polar surface area (TPSA) is 91.4 Å². The number of aryl methyl sites for hydroxylation is 1. The van der Waals surface area contributed by atoms with Crippen molar-refractivity contribution in [1.29, 1.82) is 0 Å². The van der Waals surface area contributed by atoms with Gasteiger partial charge in [-0.05, 0) is 105 Å². The van der Waals surface area contributed by atoms with E-state index in [1.807, 2.05) is 32.2 Å². The van der Waals surface area contributed by atoms with Crippen LogP contribution in [0.2, 0.25) is 5.02 Å². The van der Waals surface area contributed by atoms with Crippen LogP contribution in [0, 0.1) is 17.8 Å². The second-order valence-electron chi connectivity index (χ2n) is 16.0. The van der Waals surface area contributed by atoms with Crippen molar-refractivity contribution in [3.05, 3.63) is 70.3 Å². The molecule has 0 aromatic heterocycles. The van der Waals surface area contributed by atoms with E-state index in [4.69, 9.17) is 21.1 Å². The van der Waals surface area contributed by atoms with Crippen LogP contribution in [0.15, 0.2) is 48.6 Å². The van der Waals surface area contributed by atoms with Crippen molar-refractivity contribution in [3.8, 4) is 5.75 Å². The van der Waals surface area contributed by atoms with E-state index in [1.54, 1.807) is 13.0 Å². The molecule has 9 nitrogen and oxygen atoms in total. The first-order chi connectivity index (χ1) is 25.0. The number of amides is 1. The molecule has 2 fully saturated rings. The lowest BCUT2D eigenvalue weighted by Crippen LogP contribution is -2.59. The lowest BCUT2D eigenvalue weighted by Gasteiger charge is -2.52. The maximum Gasteiger partial charge on any atom is 0.264 e. The molecule has 7 rings (SSSR count). The Balaban J connectivity index is 1.28. The Bertz CT molecular complexity index is 1770. The monoisotopic (exact) mass is 756 g/mol. The highest BCUT2D eigenvalue weighted by Gasteiger charge is 2.50. The van der Waals surface area contributed by atoms with Crippen molar-refractivity contribution in [2.45, 2.75) is 68.6 Å². The highest BCUT2D eigenvalue weighted by molar-refractivity contribution is 7.90. The fraction of sp³-hybridized carbons (Fsp3) is 0.625. The van der Waals surface area contributed by atoms with Gasteiger partial charge in [-0.3, -0.25) is 14.6 Å². The van der Waals surface area contributed by atoms with Crippen LogP contribution >= 0.6 is 11.6 Å². The van der Waals surface area contributed by atoms with Crippen LogP contribution in [0.25, 0.3) is 0 Å². The highest BCUT2D eigenvalue weighted by Crippen LogP contribution is 2.49. The number of carbonyl (C=O) groups excluding carboxylic acids is 1. The average molecular weight is 757 g/mol. The molecule has 0 unspecified atom stereocenters. The van der Waals surface area contributed by atoms with Crippen molar-refractivity contribution >= 4 is 33.2 Å². The smallest absolute Gasteiger partial charge is 0.264 e. The summed E-state index contributed by atoms with van der Waals surface area (Å²) in [5.74, 6) is 0.337. The molecule has 5 aliphatic rings. The minimum atomic E-state index is -3.97. The van der Waals surface area contributed by atoms with Crippen LogP contribution in [-0.2, 0) is 26.6 Å². The molecule has 0 radical (unpaired) electrons. The molecule has 1 N–H and O–H groups in total. The average Bonchev–Trinajstić information content (AvgIpc) is 3.26. The second kappa shape index (κ2) is 15.2. The minimum Gasteiger partial charge on any atom is -0.490 e. The summed E-state index contributed by atoms with van der Waals surface area (Å²) in [4.78, 5) is 20.7.